The van der Waals surface area contributed by atoms with E-state index in [-0.39, 0.29) is 23.3 Å². The summed E-state index contributed by atoms with van der Waals surface area (Å²) in [6.45, 7) is 0. The van der Waals surface area contributed by atoms with E-state index < -0.39 is 0 Å². The van der Waals surface area contributed by atoms with E-state index in [1.165, 1.54) is 48.5 Å². The molecule has 12 heteroatoms. The van der Waals surface area contributed by atoms with Crippen molar-refractivity contribution in [3.63, 3.8) is 0 Å². The first-order valence-corrected chi connectivity index (χ1v) is 19.4. The van der Waals surface area contributed by atoms with Gasteiger partial charge in [0, 0.05) is 21.9 Å². The summed E-state index contributed by atoms with van der Waals surface area (Å²) in [5, 5.41) is 11.0. The molecule has 0 saturated heterocycles. The summed E-state index contributed by atoms with van der Waals surface area (Å²) in [5.41, 5.74) is 8.87. The van der Waals surface area contributed by atoms with Gasteiger partial charge in [-0.25, -0.2) is 36.9 Å². The summed E-state index contributed by atoms with van der Waals surface area (Å²) in [4.78, 5) is 9.43. The predicted octanol–water partition coefficient (Wildman–Crippen LogP) is 12.1. The molecule has 0 amide bonds. The number of pyridine rings is 2. The lowest BCUT2D eigenvalue weighted by molar-refractivity contribution is 0.414. The summed E-state index contributed by atoms with van der Waals surface area (Å²) >= 11 is 0. The normalized spacial score (nSPS) is 11.1. The SMILES string of the molecule is COc1ccc(-n2nc(-c3ccc(F)cc3)cc2-c2ccc3cc(F)ccc3n2)cc1.COc1ccc(-n2nc(-c3ccc(F)cc3)cc2-c2ccc3cc(F)ccc3n2)cc1. The lowest BCUT2D eigenvalue weighted by atomic mass is 10.1. The van der Waals surface area contributed by atoms with E-state index in [1.54, 1.807) is 60.0 Å². The van der Waals surface area contributed by atoms with Gasteiger partial charge in [0.05, 0.1) is 70.8 Å². The molecular formula is C50H34F4N6O2. The van der Waals surface area contributed by atoms with Gasteiger partial charge in [0.2, 0.25) is 0 Å². The number of hydrogen-bond acceptors (Lipinski definition) is 6. The smallest absolute Gasteiger partial charge is 0.123 e. The number of nitrogens with zero attached hydrogens (tertiary/aromatic N) is 6. The number of rotatable bonds is 8. The van der Waals surface area contributed by atoms with Gasteiger partial charge in [0.1, 0.15) is 34.8 Å². The van der Waals surface area contributed by atoms with Crippen LogP contribution in [0.1, 0.15) is 0 Å². The van der Waals surface area contributed by atoms with Gasteiger partial charge < -0.3 is 9.47 Å². The van der Waals surface area contributed by atoms with Crippen molar-refractivity contribution in [1.82, 2.24) is 29.5 Å². The molecule has 0 aliphatic heterocycles. The molecule has 8 nitrogen and oxygen atoms in total. The van der Waals surface area contributed by atoms with Crippen LogP contribution in [0.3, 0.4) is 0 Å². The summed E-state index contributed by atoms with van der Waals surface area (Å²) in [7, 11) is 3.23. The first-order valence-electron chi connectivity index (χ1n) is 19.4. The van der Waals surface area contributed by atoms with E-state index in [0.717, 1.165) is 56.2 Å². The highest BCUT2D eigenvalue weighted by Gasteiger charge is 2.17. The zero-order chi connectivity index (χ0) is 42.7. The second kappa shape index (κ2) is 16.9. The molecule has 10 aromatic rings. The minimum Gasteiger partial charge on any atom is -0.497 e. The van der Waals surface area contributed by atoms with Crippen molar-refractivity contribution < 1.29 is 27.0 Å². The average Bonchev–Trinajstić information content (AvgIpc) is 3.96. The lowest BCUT2D eigenvalue weighted by Crippen LogP contribution is -2.00. The minimum absolute atomic E-state index is 0.302. The molecule has 62 heavy (non-hydrogen) atoms. The Balaban J connectivity index is 0.000000158. The Hall–Kier alpha value is -8.12. The Morgan fingerprint density at radius 1 is 0.371 bits per heavy atom. The largest absolute Gasteiger partial charge is 0.497 e. The van der Waals surface area contributed by atoms with Crippen LogP contribution in [0.2, 0.25) is 0 Å². The van der Waals surface area contributed by atoms with Crippen LogP contribution in [0.4, 0.5) is 17.6 Å². The maximum Gasteiger partial charge on any atom is 0.123 e. The number of aromatic nitrogens is 6. The third-order valence-electron chi connectivity index (χ3n) is 10.2. The van der Waals surface area contributed by atoms with Crippen molar-refractivity contribution in [2.75, 3.05) is 14.2 Å². The molecule has 0 N–H and O–H groups in total. The second-order valence-electron chi connectivity index (χ2n) is 14.1. The molecule has 0 saturated carbocycles. The summed E-state index contributed by atoms with van der Waals surface area (Å²) < 4.78 is 68.0. The summed E-state index contributed by atoms with van der Waals surface area (Å²) in [6.07, 6.45) is 0. The Labute approximate surface area is 352 Å². The molecule has 0 unspecified atom stereocenters. The Morgan fingerprint density at radius 3 is 1.11 bits per heavy atom. The van der Waals surface area contributed by atoms with Crippen LogP contribution in [0.25, 0.3) is 78.5 Å². The first kappa shape index (κ1) is 39.3. The molecule has 0 radical (unpaired) electrons. The number of halogens is 4. The fourth-order valence-electron chi connectivity index (χ4n) is 6.97. The van der Waals surface area contributed by atoms with Crippen molar-refractivity contribution in [3.05, 3.63) is 193 Å². The number of ether oxygens (including phenoxy) is 2. The maximum atomic E-state index is 13.5. The third kappa shape index (κ3) is 8.21. The van der Waals surface area contributed by atoms with Crippen LogP contribution in [0.5, 0.6) is 11.5 Å². The summed E-state index contributed by atoms with van der Waals surface area (Å²) in [6, 6.07) is 47.6. The van der Waals surface area contributed by atoms with E-state index in [2.05, 4.69) is 0 Å². The zero-order valence-corrected chi connectivity index (χ0v) is 33.2. The van der Waals surface area contributed by atoms with E-state index in [1.807, 2.05) is 84.9 Å². The fraction of sp³-hybridized carbons (Fsp3) is 0.0400. The van der Waals surface area contributed by atoms with Crippen molar-refractivity contribution in [1.29, 1.82) is 0 Å². The van der Waals surface area contributed by atoms with Crippen LogP contribution in [-0.2, 0) is 0 Å². The van der Waals surface area contributed by atoms with E-state index in [0.29, 0.717) is 33.8 Å². The van der Waals surface area contributed by atoms with Gasteiger partial charge in [-0.15, -0.1) is 0 Å². The Bertz CT molecular complexity index is 2970. The molecule has 4 heterocycles. The van der Waals surface area contributed by atoms with E-state index in [4.69, 9.17) is 29.6 Å². The van der Waals surface area contributed by atoms with Crippen molar-refractivity contribution >= 4 is 21.8 Å². The average molecular weight is 827 g/mol. The van der Waals surface area contributed by atoms with Gasteiger partial charge in [-0.2, -0.15) is 10.2 Å². The second-order valence-corrected chi connectivity index (χ2v) is 14.1. The molecule has 0 aliphatic rings. The fourth-order valence-corrected chi connectivity index (χ4v) is 6.97. The van der Waals surface area contributed by atoms with Crippen molar-refractivity contribution in [2.24, 2.45) is 0 Å². The molecule has 0 atom stereocenters. The van der Waals surface area contributed by atoms with Crippen molar-refractivity contribution in [3.8, 4) is 68.2 Å². The predicted molar refractivity (Wildman–Crippen MR) is 232 cm³/mol. The Morgan fingerprint density at radius 2 is 0.742 bits per heavy atom. The van der Waals surface area contributed by atoms with Crippen molar-refractivity contribution in [2.45, 2.75) is 0 Å². The third-order valence-corrected chi connectivity index (χ3v) is 10.2. The molecule has 304 valence electrons. The highest BCUT2D eigenvalue weighted by Crippen LogP contribution is 2.32. The Kier molecular flexibility index (Phi) is 10.7. The highest BCUT2D eigenvalue weighted by molar-refractivity contribution is 5.83. The quantitative estimate of drug-likeness (QED) is 0.142. The van der Waals surface area contributed by atoms with E-state index >= 15 is 0 Å². The first-order chi connectivity index (χ1) is 30.2. The van der Waals surface area contributed by atoms with Gasteiger partial charge in [-0.05, 0) is 158 Å². The standard InChI is InChI=1S/2C25H17F2N3O/c2*1-31-21-10-8-20(9-11-21)30-25(15-24(29-30)16-2-5-18(26)6-3-16)23-12-4-17-14-19(27)7-13-22(17)28-23/h2*2-15H,1H3. The zero-order valence-electron chi connectivity index (χ0n) is 33.2. The molecule has 0 bridgehead atoms. The lowest BCUT2D eigenvalue weighted by Gasteiger charge is -2.09. The van der Waals surface area contributed by atoms with Crippen LogP contribution in [0.15, 0.2) is 170 Å². The molecule has 4 aromatic heterocycles. The van der Waals surface area contributed by atoms with Gasteiger partial charge in [-0.1, -0.05) is 12.1 Å². The molecular weight excluding hydrogens is 793 g/mol. The molecule has 0 spiro atoms. The van der Waals surface area contributed by atoms with Gasteiger partial charge >= 0.3 is 0 Å². The monoisotopic (exact) mass is 826 g/mol. The number of methoxy groups -OCH3 is 2. The van der Waals surface area contributed by atoms with Crippen LogP contribution in [-0.4, -0.2) is 43.7 Å². The highest BCUT2D eigenvalue weighted by atomic mass is 19.1. The van der Waals surface area contributed by atoms with E-state index in [9.17, 15) is 17.6 Å². The molecule has 0 aliphatic carbocycles. The topological polar surface area (TPSA) is 79.9 Å². The number of hydrogen-bond donors (Lipinski definition) is 0. The van der Waals surface area contributed by atoms with Gasteiger partial charge in [0.15, 0.2) is 0 Å². The molecule has 0 fully saturated rings. The van der Waals surface area contributed by atoms with Gasteiger partial charge in [-0.3, -0.25) is 0 Å². The van der Waals surface area contributed by atoms with Gasteiger partial charge in [0.25, 0.3) is 0 Å². The number of benzene rings is 6. The van der Waals surface area contributed by atoms with Crippen LogP contribution < -0.4 is 9.47 Å². The maximum absolute atomic E-state index is 13.5. The summed E-state index contributed by atoms with van der Waals surface area (Å²) in [5.74, 6) is 0.265. The number of fused-ring (bicyclic) bond motifs is 2. The van der Waals surface area contributed by atoms with Crippen LogP contribution >= 0.6 is 0 Å². The van der Waals surface area contributed by atoms with Crippen LogP contribution in [0, 0.1) is 23.3 Å². The minimum atomic E-state index is -0.304. The molecule has 6 aromatic carbocycles. The molecule has 10 rings (SSSR count).